The minimum atomic E-state index is -0.441. The molecule has 2 N–H and O–H groups in total. The third-order valence-electron chi connectivity index (χ3n) is 5.50. The zero-order valence-corrected chi connectivity index (χ0v) is 16.8. The number of carbonyl (C=O) groups excluding carboxylic acids is 1. The molecule has 0 bridgehead atoms. The van der Waals surface area contributed by atoms with Crippen LogP contribution in [0.15, 0.2) is 0 Å². The standard InChI is InChI=1S/C20H38N2O3/c1-14-12-16(10-11-24-18-8-6-17(21)7-9-18)13-15(2)22(14)19(23)25-20(3,4)5/h14-18H,6-13,21H2,1-5H3/t14-,15+,16?,17?,18?. The lowest BCUT2D eigenvalue weighted by molar-refractivity contribution is -0.0160. The van der Waals surface area contributed by atoms with E-state index in [1.807, 2.05) is 25.7 Å². The van der Waals surface area contributed by atoms with E-state index in [4.69, 9.17) is 15.2 Å². The molecule has 146 valence electrons. The summed E-state index contributed by atoms with van der Waals surface area (Å²) in [5.74, 6) is 0.620. The first-order valence-corrected chi connectivity index (χ1v) is 10.0. The largest absolute Gasteiger partial charge is 0.444 e. The van der Waals surface area contributed by atoms with Crippen LogP contribution in [-0.2, 0) is 9.47 Å². The van der Waals surface area contributed by atoms with Crippen molar-refractivity contribution in [1.82, 2.24) is 4.90 Å². The highest BCUT2D eigenvalue weighted by molar-refractivity contribution is 5.69. The van der Waals surface area contributed by atoms with Crippen LogP contribution in [0.1, 0.15) is 79.6 Å². The van der Waals surface area contributed by atoms with Crippen molar-refractivity contribution in [2.45, 2.75) is 109 Å². The van der Waals surface area contributed by atoms with Gasteiger partial charge >= 0.3 is 6.09 Å². The summed E-state index contributed by atoms with van der Waals surface area (Å²) in [6.45, 7) is 10.9. The molecule has 1 unspecified atom stereocenters. The van der Waals surface area contributed by atoms with Gasteiger partial charge in [-0.25, -0.2) is 4.79 Å². The van der Waals surface area contributed by atoms with Gasteiger partial charge in [-0.15, -0.1) is 0 Å². The molecule has 2 rings (SSSR count). The SMILES string of the molecule is C[C@@H]1CC(CCOC2CCC(N)CC2)C[C@H](C)N1C(=O)OC(C)(C)C. The summed E-state index contributed by atoms with van der Waals surface area (Å²) >= 11 is 0. The molecule has 3 atom stereocenters. The number of hydrogen-bond donors (Lipinski definition) is 1. The Labute approximate surface area is 153 Å². The van der Waals surface area contributed by atoms with Crippen LogP contribution in [0.3, 0.4) is 0 Å². The summed E-state index contributed by atoms with van der Waals surface area (Å²) in [6.07, 6.45) is 7.75. The lowest BCUT2D eigenvalue weighted by Crippen LogP contribution is -2.51. The number of piperidine rings is 1. The van der Waals surface area contributed by atoms with Crippen molar-refractivity contribution in [2.24, 2.45) is 11.7 Å². The Morgan fingerprint density at radius 2 is 1.64 bits per heavy atom. The average Bonchev–Trinajstić information content (AvgIpc) is 2.46. The van der Waals surface area contributed by atoms with Crippen molar-refractivity contribution in [1.29, 1.82) is 0 Å². The maximum Gasteiger partial charge on any atom is 0.410 e. The molecule has 0 spiro atoms. The van der Waals surface area contributed by atoms with Crippen LogP contribution >= 0.6 is 0 Å². The van der Waals surface area contributed by atoms with Gasteiger partial charge in [0.2, 0.25) is 0 Å². The molecule has 1 amide bonds. The fraction of sp³-hybridized carbons (Fsp3) is 0.950. The predicted octanol–water partition coefficient (Wildman–Crippen LogP) is 4.09. The van der Waals surface area contributed by atoms with E-state index in [0.29, 0.717) is 18.1 Å². The van der Waals surface area contributed by atoms with Crippen LogP contribution in [0.2, 0.25) is 0 Å². The predicted molar refractivity (Wildman–Crippen MR) is 101 cm³/mol. The average molecular weight is 355 g/mol. The van der Waals surface area contributed by atoms with Gasteiger partial charge in [0.15, 0.2) is 0 Å². The number of carbonyl (C=O) groups is 1. The summed E-state index contributed by atoms with van der Waals surface area (Å²) in [7, 11) is 0. The Bertz CT molecular complexity index is 415. The van der Waals surface area contributed by atoms with E-state index < -0.39 is 5.60 Å². The highest BCUT2D eigenvalue weighted by atomic mass is 16.6. The van der Waals surface area contributed by atoms with E-state index in [9.17, 15) is 4.79 Å². The van der Waals surface area contributed by atoms with Gasteiger partial charge in [-0.1, -0.05) is 0 Å². The fourth-order valence-corrected chi connectivity index (χ4v) is 4.29. The molecule has 25 heavy (non-hydrogen) atoms. The van der Waals surface area contributed by atoms with Gasteiger partial charge in [0.05, 0.1) is 6.10 Å². The van der Waals surface area contributed by atoms with Gasteiger partial charge in [0.1, 0.15) is 5.60 Å². The van der Waals surface area contributed by atoms with Crippen molar-refractivity contribution in [3.8, 4) is 0 Å². The van der Waals surface area contributed by atoms with Gasteiger partial charge in [-0.05, 0) is 85.5 Å². The Morgan fingerprint density at radius 3 is 2.16 bits per heavy atom. The van der Waals surface area contributed by atoms with E-state index in [-0.39, 0.29) is 18.2 Å². The molecule has 1 saturated carbocycles. The first-order chi connectivity index (χ1) is 11.7. The number of amides is 1. The molecule has 0 aromatic heterocycles. The zero-order chi connectivity index (χ0) is 18.6. The number of nitrogens with zero attached hydrogens (tertiary/aromatic N) is 1. The van der Waals surface area contributed by atoms with Gasteiger partial charge in [-0.2, -0.15) is 0 Å². The second kappa shape index (κ2) is 8.72. The molecule has 0 aromatic rings. The first-order valence-electron chi connectivity index (χ1n) is 10.0. The van der Waals surface area contributed by atoms with E-state index >= 15 is 0 Å². The van der Waals surface area contributed by atoms with E-state index in [0.717, 1.165) is 51.6 Å². The Morgan fingerprint density at radius 1 is 1.08 bits per heavy atom. The van der Waals surface area contributed by atoms with Gasteiger partial charge in [0, 0.05) is 24.7 Å². The number of rotatable bonds is 4. The van der Waals surface area contributed by atoms with Crippen molar-refractivity contribution in [3.05, 3.63) is 0 Å². The number of nitrogens with two attached hydrogens (primary N) is 1. The second-order valence-corrected chi connectivity index (χ2v) is 9.12. The Balaban J connectivity index is 1.74. The van der Waals surface area contributed by atoms with Crippen molar-refractivity contribution >= 4 is 6.09 Å². The number of hydrogen-bond acceptors (Lipinski definition) is 4. The van der Waals surface area contributed by atoms with Crippen LogP contribution in [0.25, 0.3) is 0 Å². The third kappa shape index (κ3) is 6.45. The lowest BCUT2D eigenvalue weighted by atomic mass is 9.85. The highest BCUT2D eigenvalue weighted by Gasteiger charge is 2.36. The minimum Gasteiger partial charge on any atom is -0.444 e. The van der Waals surface area contributed by atoms with Crippen molar-refractivity contribution in [2.75, 3.05) is 6.61 Å². The van der Waals surface area contributed by atoms with E-state index in [1.165, 1.54) is 0 Å². The van der Waals surface area contributed by atoms with Gasteiger partial charge in [0.25, 0.3) is 0 Å². The molecule has 5 heteroatoms. The summed E-state index contributed by atoms with van der Waals surface area (Å²) in [5.41, 5.74) is 5.51. The molecule has 5 nitrogen and oxygen atoms in total. The molecule has 1 saturated heterocycles. The first kappa shape index (κ1) is 20.5. The molecule has 0 radical (unpaired) electrons. The van der Waals surface area contributed by atoms with Crippen molar-refractivity contribution in [3.63, 3.8) is 0 Å². The number of likely N-dealkylation sites (tertiary alicyclic amines) is 1. The van der Waals surface area contributed by atoms with Crippen LogP contribution in [0.5, 0.6) is 0 Å². The lowest BCUT2D eigenvalue weighted by Gasteiger charge is -2.43. The molecule has 1 aliphatic heterocycles. The normalized spacial score (nSPS) is 34.0. The molecular formula is C20H38N2O3. The number of ether oxygens (including phenoxy) is 2. The molecular weight excluding hydrogens is 316 g/mol. The maximum atomic E-state index is 12.5. The van der Waals surface area contributed by atoms with Crippen LogP contribution in [-0.4, -0.2) is 47.4 Å². The minimum absolute atomic E-state index is 0.180. The molecule has 2 fully saturated rings. The van der Waals surface area contributed by atoms with E-state index in [1.54, 1.807) is 0 Å². The smallest absolute Gasteiger partial charge is 0.410 e. The fourth-order valence-electron chi connectivity index (χ4n) is 4.29. The van der Waals surface area contributed by atoms with E-state index in [2.05, 4.69) is 13.8 Å². The summed E-state index contributed by atoms with van der Waals surface area (Å²) in [5, 5.41) is 0. The van der Waals surface area contributed by atoms with Crippen LogP contribution in [0.4, 0.5) is 4.79 Å². The Hall–Kier alpha value is -0.810. The molecule has 0 aromatic carbocycles. The van der Waals surface area contributed by atoms with Crippen LogP contribution < -0.4 is 5.73 Å². The maximum absolute atomic E-state index is 12.5. The zero-order valence-electron chi connectivity index (χ0n) is 16.8. The monoisotopic (exact) mass is 354 g/mol. The van der Waals surface area contributed by atoms with Gasteiger partial charge < -0.3 is 20.1 Å². The highest BCUT2D eigenvalue weighted by Crippen LogP contribution is 2.31. The van der Waals surface area contributed by atoms with Crippen molar-refractivity contribution < 1.29 is 14.3 Å². The molecule has 1 heterocycles. The second-order valence-electron chi connectivity index (χ2n) is 9.12. The molecule has 1 aliphatic carbocycles. The summed E-state index contributed by atoms with van der Waals surface area (Å²) in [6, 6.07) is 0.811. The quantitative estimate of drug-likeness (QED) is 0.826. The summed E-state index contributed by atoms with van der Waals surface area (Å²) < 4.78 is 11.7. The summed E-state index contributed by atoms with van der Waals surface area (Å²) in [4.78, 5) is 14.4. The topological polar surface area (TPSA) is 64.8 Å². The van der Waals surface area contributed by atoms with Gasteiger partial charge in [-0.3, -0.25) is 0 Å². The molecule has 2 aliphatic rings. The van der Waals surface area contributed by atoms with Crippen LogP contribution in [0, 0.1) is 5.92 Å². The third-order valence-corrected chi connectivity index (χ3v) is 5.50. The Kier molecular flexibility index (Phi) is 7.15.